The number of nitrogen functional groups attached to an aromatic ring is 1. The van der Waals surface area contributed by atoms with Crippen molar-refractivity contribution in [2.24, 2.45) is 5.92 Å². The van der Waals surface area contributed by atoms with Crippen molar-refractivity contribution in [2.75, 3.05) is 30.7 Å². The number of nitrogens with zero attached hydrogens (tertiary/aromatic N) is 1. The highest BCUT2D eigenvalue weighted by Gasteiger charge is 2.27. The maximum atomic E-state index is 12.0. The summed E-state index contributed by atoms with van der Waals surface area (Å²) >= 11 is 3.38. The topological polar surface area (TPSA) is 78.6 Å². The van der Waals surface area contributed by atoms with Crippen LogP contribution in [0, 0.1) is 5.92 Å². The predicted molar refractivity (Wildman–Crippen MR) is 83.4 cm³/mol. The molecule has 1 aliphatic heterocycles. The Hall–Kier alpha value is -1.11. The molecule has 2 rings (SSSR count). The Bertz CT molecular complexity index is 493. The molecule has 1 heterocycles. The molecule has 5 nitrogen and oxygen atoms in total. The number of anilines is 2. The number of halogens is 1. The van der Waals surface area contributed by atoms with Crippen molar-refractivity contribution in [2.45, 2.75) is 19.4 Å². The van der Waals surface area contributed by atoms with Crippen molar-refractivity contribution < 1.29 is 9.90 Å². The largest absolute Gasteiger partial charge is 0.399 e. The van der Waals surface area contributed by atoms with E-state index in [2.05, 4.69) is 26.1 Å². The molecule has 20 heavy (non-hydrogen) atoms. The van der Waals surface area contributed by atoms with Crippen molar-refractivity contribution in [3.63, 3.8) is 0 Å². The second-order valence-electron chi connectivity index (χ2n) is 5.31. The van der Waals surface area contributed by atoms with Gasteiger partial charge in [-0.3, -0.25) is 9.69 Å². The van der Waals surface area contributed by atoms with E-state index in [1.807, 2.05) is 0 Å². The van der Waals surface area contributed by atoms with Gasteiger partial charge in [0, 0.05) is 16.7 Å². The lowest BCUT2D eigenvalue weighted by atomic mass is 10.0. The van der Waals surface area contributed by atoms with Gasteiger partial charge in [0.2, 0.25) is 5.91 Å². The van der Waals surface area contributed by atoms with Crippen LogP contribution in [0.2, 0.25) is 0 Å². The van der Waals surface area contributed by atoms with Gasteiger partial charge in [-0.2, -0.15) is 0 Å². The van der Waals surface area contributed by atoms with Crippen molar-refractivity contribution in [1.82, 2.24) is 4.90 Å². The molecule has 1 fully saturated rings. The number of aliphatic hydroxyl groups is 1. The second kappa shape index (κ2) is 6.56. The minimum Gasteiger partial charge on any atom is -0.399 e. The predicted octanol–water partition coefficient (Wildman–Crippen LogP) is 1.67. The molecular weight excluding hydrogens is 322 g/mol. The van der Waals surface area contributed by atoms with Crippen molar-refractivity contribution in [3.05, 3.63) is 22.7 Å². The summed E-state index contributed by atoms with van der Waals surface area (Å²) < 4.78 is 0.772. The summed E-state index contributed by atoms with van der Waals surface area (Å²) in [6.45, 7) is 3.78. The van der Waals surface area contributed by atoms with Crippen LogP contribution in [0.25, 0.3) is 0 Å². The monoisotopic (exact) mass is 341 g/mol. The number of nitrogens with two attached hydrogens (primary N) is 1. The lowest BCUT2D eigenvalue weighted by Crippen LogP contribution is -2.32. The minimum atomic E-state index is -0.311. The van der Waals surface area contributed by atoms with Gasteiger partial charge in [0.1, 0.15) is 0 Å². The molecule has 0 spiro atoms. The van der Waals surface area contributed by atoms with Gasteiger partial charge in [-0.25, -0.2) is 0 Å². The molecule has 1 aliphatic rings. The molecule has 6 heteroatoms. The number of benzene rings is 1. The first-order valence-electron chi connectivity index (χ1n) is 6.71. The smallest absolute Gasteiger partial charge is 0.238 e. The third kappa shape index (κ3) is 3.94. The number of likely N-dealkylation sites (tertiary alicyclic amines) is 1. The van der Waals surface area contributed by atoms with Crippen LogP contribution in [-0.2, 0) is 4.79 Å². The number of nitrogens with one attached hydrogen (secondary N) is 1. The molecule has 1 aromatic carbocycles. The van der Waals surface area contributed by atoms with Crippen LogP contribution >= 0.6 is 15.9 Å². The first kappa shape index (κ1) is 15.3. The van der Waals surface area contributed by atoms with Crippen molar-refractivity contribution in [3.8, 4) is 0 Å². The number of rotatable bonds is 4. The Balaban J connectivity index is 1.87. The fourth-order valence-electron chi connectivity index (χ4n) is 2.43. The van der Waals surface area contributed by atoms with Crippen LogP contribution in [0.3, 0.4) is 0 Å². The van der Waals surface area contributed by atoms with E-state index >= 15 is 0 Å². The molecule has 0 radical (unpaired) electrons. The highest BCUT2D eigenvalue weighted by atomic mass is 79.9. The number of hydrogen-bond acceptors (Lipinski definition) is 4. The lowest BCUT2D eigenvalue weighted by Gasteiger charge is -2.17. The standard InChI is InChI=1S/C14H20BrN3O2/c1-9(19)10-4-5-18(7-10)8-14(20)17-13-3-2-11(16)6-12(13)15/h2-3,6,9-10,19H,4-5,7-8,16H2,1H3,(H,17,20). The fourth-order valence-corrected chi connectivity index (χ4v) is 2.92. The number of amides is 1. The van der Waals surface area contributed by atoms with E-state index in [-0.39, 0.29) is 17.9 Å². The molecule has 4 N–H and O–H groups in total. The normalized spacial score (nSPS) is 20.9. The van der Waals surface area contributed by atoms with Gasteiger partial charge in [0.15, 0.2) is 0 Å². The third-order valence-corrected chi connectivity index (χ3v) is 4.28. The molecule has 110 valence electrons. The molecule has 0 aliphatic carbocycles. The van der Waals surface area contributed by atoms with Gasteiger partial charge in [-0.05, 0) is 59.9 Å². The van der Waals surface area contributed by atoms with Crippen LogP contribution in [0.1, 0.15) is 13.3 Å². The maximum Gasteiger partial charge on any atom is 0.238 e. The Morgan fingerprint density at radius 2 is 2.40 bits per heavy atom. The summed E-state index contributed by atoms with van der Waals surface area (Å²) in [5, 5.41) is 12.4. The second-order valence-corrected chi connectivity index (χ2v) is 6.17. The molecule has 0 bridgehead atoms. The Kier molecular flexibility index (Phi) is 5.01. The quantitative estimate of drug-likeness (QED) is 0.728. The first-order chi connectivity index (χ1) is 9.45. The number of aliphatic hydroxyl groups excluding tert-OH is 1. The molecule has 2 atom stereocenters. The molecule has 2 unspecified atom stereocenters. The van der Waals surface area contributed by atoms with Gasteiger partial charge >= 0.3 is 0 Å². The van der Waals surface area contributed by atoms with Gasteiger partial charge in [0.05, 0.1) is 18.3 Å². The zero-order chi connectivity index (χ0) is 14.7. The lowest BCUT2D eigenvalue weighted by molar-refractivity contribution is -0.117. The van der Waals surface area contributed by atoms with E-state index < -0.39 is 0 Å². The molecule has 1 amide bonds. The van der Waals surface area contributed by atoms with Crippen LogP contribution in [0.15, 0.2) is 22.7 Å². The summed E-state index contributed by atoms with van der Waals surface area (Å²) in [7, 11) is 0. The van der Waals surface area contributed by atoms with Gasteiger partial charge < -0.3 is 16.2 Å². The van der Waals surface area contributed by atoms with E-state index in [1.165, 1.54) is 0 Å². The molecule has 1 aromatic rings. The van der Waals surface area contributed by atoms with Crippen LogP contribution in [0.5, 0.6) is 0 Å². The summed E-state index contributed by atoms with van der Waals surface area (Å²) in [6.07, 6.45) is 0.630. The van der Waals surface area contributed by atoms with Crippen LogP contribution in [-0.4, -0.2) is 41.7 Å². The Morgan fingerprint density at radius 1 is 1.65 bits per heavy atom. The SMILES string of the molecule is CC(O)C1CCN(CC(=O)Nc2ccc(N)cc2Br)C1. The zero-order valence-electron chi connectivity index (χ0n) is 11.5. The highest BCUT2D eigenvalue weighted by Crippen LogP contribution is 2.25. The summed E-state index contributed by atoms with van der Waals surface area (Å²) in [4.78, 5) is 14.1. The number of carbonyl (C=O) groups excluding carboxylic acids is 1. The summed E-state index contributed by atoms with van der Waals surface area (Å²) in [5.41, 5.74) is 7.02. The van der Waals surface area contributed by atoms with E-state index in [9.17, 15) is 9.90 Å². The molecule has 0 aromatic heterocycles. The molecule has 0 saturated carbocycles. The zero-order valence-corrected chi connectivity index (χ0v) is 13.1. The van der Waals surface area contributed by atoms with Crippen LogP contribution < -0.4 is 11.1 Å². The summed E-state index contributed by atoms with van der Waals surface area (Å²) in [6, 6.07) is 5.29. The first-order valence-corrected chi connectivity index (χ1v) is 7.50. The van der Waals surface area contributed by atoms with Gasteiger partial charge in [0.25, 0.3) is 0 Å². The third-order valence-electron chi connectivity index (χ3n) is 3.63. The summed E-state index contributed by atoms with van der Waals surface area (Å²) in [5.74, 6) is 0.216. The Labute approximate surface area is 127 Å². The number of carbonyl (C=O) groups is 1. The Morgan fingerprint density at radius 3 is 3.00 bits per heavy atom. The fraction of sp³-hybridized carbons (Fsp3) is 0.500. The van der Waals surface area contributed by atoms with Gasteiger partial charge in [-0.1, -0.05) is 0 Å². The average Bonchev–Trinajstić information content (AvgIpc) is 2.81. The maximum absolute atomic E-state index is 12.0. The highest BCUT2D eigenvalue weighted by molar-refractivity contribution is 9.10. The average molecular weight is 342 g/mol. The van der Waals surface area contributed by atoms with Crippen molar-refractivity contribution in [1.29, 1.82) is 0 Å². The van der Waals surface area contributed by atoms with E-state index in [1.54, 1.807) is 25.1 Å². The molecular formula is C14H20BrN3O2. The van der Waals surface area contributed by atoms with E-state index in [0.717, 1.165) is 29.7 Å². The van der Waals surface area contributed by atoms with Gasteiger partial charge in [-0.15, -0.1) is 0 Å². The van der Waals surface area contributed by atoms with Crippen LogP contribution in [0.4, 0.5) is 11.4 Å². The van der Waals surface area contributed by atoms with E-state index in [0.29, 0.717) is 12.2 Å². The molecule has 1 saturated heterocycles. The number of hydrogen-bond donors (Lipinski definition) is 3. The minimum absolute atomic E-state index is 0.0540. The van der Waals surface area contributed by atoms with Crippen molar-refractivity contribution >= 4 is 33.2 Å². The van der Waals surface area contributed by atoms with E-state index in [4.69, 9.17) is 5.73 Å².